The summed E-state index contributed by atoms with van der Waals surface area (Å²) < 4.78 is 0. The molecule has 1 aliphatic rings. The molecule has 84 valence electrons. The van der Waals surface area contributed by atoms with E-state index in [2.05, 4.69) is 11.8 Å². The first-order chi connectivity index (χ1) is 6.74. The standard InChI is InChI=1S/C11H24N2O/c1-10-5-3-2-4-7-13(10)8-6-11(12)9-14/h10-11,14H,2-9,12H2,1H3. The van der Waals surface area contributed by atoms with Crippen molar-refractivity contribution in [3.8, 4) is 0 Å². The van der Waals surface area contributed by atoms with Gasteiger partial charge >= 0.3 is 0 Å². The zero-order valence-corrected chi connectivity index (χ0v) is 9.28. The Morgan fingerprint density at radius 3 is 2.93 bits per heavy atom. The summed E-state index contributed by atoms with van der Waals surface area (Å²) >= 11 is 0. The van der Waals surface area contributed by atoms with Gasteiger partial charge in [-0.1, -0.05) is 12.8 Å². The molecule has 3 nitrogen and oxygen atoms in total. The summed E-state index contributed by atoms with van der Waals surface area (Å²) in [5, 5.41) is 8.84. The minimum absolute atomic E-state index is 0.0366. The number of aliphatic hydroxyl groups excluding tert-OH is 1. The third-order valence-corrected chi connectivity index (χ3v) is 3.21. The van der Waals surface area contributed by atoms with E-state index < -0.39 is 0 Å². The lowest BCUT2D eigenvalue weighted by Gasteiger charge is -2.27. The summed E-state index contributed by atoms with van der Waals surface area (Å²) in [6.45, 7) is 4.67. The van der Waals surface area contributed by atoms with Crippen molar-refractivity contribution in [1.82, 2.24) is 4.90 Å². The quantitative estimate of drug-likeness (QED) is 0.710. The molecule has 1 heterocycles. The van der Waals surface area contributed by atoms with Crippen LogP contribution in [0.5, 0.6) is 0 Å². The van der Waals surface area contributed by atoms with Gasteiger partial charge in [0.25, 0.3) is 0 Å². The van der Waals surface area contributed by atoms with Gasteiger partial charge in [0.15, 0.2) is 0 Å². The first kappa shape index (κ1) is 12.0. The van der Waals surface area contributed by atoms with E-state index in [1.54, 1.807) is 0 Å². The number of nitrogens with two attached hydrogens (primary N) is 1. The van der Waals surface area contributed by atoms with Crippen LogP contribution in [0.25, 0.3) is 0 Å². The molecule has 1 aliphatic heterocycles. The fourth-order valence-corrected chi connectivity index (χ4v) is 2.09. The highest BCUT2D eigenvalue weighted by atomic mass is 16.3. The van der Waals surface area contributed by atoms with Crippen LogP contribution >= 0.6 is 0 Å². The maximum atomic E-state index is 8.84. The Labute approximate surface area is 87.3 Å². The maximum Gasteiger partial charge on any atom is 0.0583 e. The SMILES string of the molecule is CC1CCCCCN1CCC(N)CO. The zero-order valence-electron chi connectivity index (χ0n) is 9.28. The number of likely N-dealkylation sites (tertiary alicyclic amines) is 1. The Morgan fingerprint density at radius 1 is 1.43 bits per heavy atom. The largest absolute Gasteiger partial charge is 0.395 e. The van der Waals surface area contributed by atoms with Crippen LogP contribution in [0.1, 0.15) is 39.0 Å². The number of hydrogen-bond acceptors (Lipinski definition) is 3. The average molecular weight is 200 g/mol. The van der Waals surface area contributed by atoms with Crippen molar-refractivity contribution in [2.75, 3.05) is 19.7 Å². The van der Waals surface area contributed by atoms with Gasteiger partial charge in [-0.2, -0.15) is 0 Å². The lowest BCUT2D eigenvalue weighted by molar-refractivity contribution is 0.189. The molecule has 0 radical (unpaired) electrons. The Bertz CT molecular complexity index is 152. The lowest BCUT2D eigenvalue weighted by atomic mass is 10.1. The second kappa shape index (κ2) is 6.38. The molecule has 0 spiro atoms. The van der Waals surface area contributed by atoms with Crippen molar-refractivity contribution < 1.29 is 5.11 Å². The molecule has 2 unspecified atom stereocenters. The van der Waals surface area contributed by atoms with Crippen LogP contribution < -0.4 is 5.73 Å². The molecule has 14 heavy (non-hydrogen) atoms. The average Bonchev–Trinajstić information content (AvgIpc) is 2.39. The van der Waals surface area contributed by atoms with Crippen LogP contribution in [-0.4, -0.2) is 41.8 Å². The molecule has 0 aromatic rings. The van der Waals surface area contributed by atoms with Crippen LogP contribution in [0.15, 0.2) is 0 Å². The predicted molar refractivity (Wildman–Crippen MR) is 59.2 cm³/mol. The summed E-state index contributed by atoms with van der Waals surface area (Å²) in [4.78, 5) is 2.52. The van der Waals surface area contributed by atoms with Gasteiger partial charge in [-0.05, 0) is 39.3 Å². The summed E-state index contributed by atoms with van der Waals surface area (Å²) in [6.07, 6.45) is 6.28. The molecule has 0 aromatic carbocycles. The first-order valence-electron chi connectivity index (χ1n) is 5.84. The summed E-state index contributed by atoms with van der Waals surface area (Å²) in [5.74, 6) is 0. The van der Waals surface area contributed by atoms with E-state index in [4.69, 9.17) is 10.8 Å². The molecule has 1 fully saturated rings. The highest BCUT2D eigenvalue weighted by Crippen LogP contribution is 2.16. The molecule has 2 atom stereocenters. The van der Waals surface area contributed by atoms with E-state index in [1.807, 2.05) is 0 Å². The fraction of sp³-hybridized carbons (Fsp3) is 1.00. The maximum absolute atomic E-state index is 8.84. The van der Waals surface area contributed by atoms with Crippen molar-refractivity contribution in [3.05, 3.63) is 0 Å². The normalized spacial score (nSPS) is 27.2. The van der Waals surface area contributed by atoms with Crippen LogP contribution in [0, 0.1) is 0 Å². The predicted octanol–water partition coefficient (Wildman–Crippen LogP) is 0.961. The molecule has 0 aromatic heterocycles. The van der Waals surface area contributed by atoms with E-state index in [-0.39, 0.29) is 12.6 Å². The molecule has 0 saturated carbocycles. The minimum Gasteiger partial charge on any atom is -0.395 e. The summed E-state index contributed by atoms with van der Waals surface area (Å²) in [5.41, 5.74) is 5.70. The highest BCUT2D eigenvalue weighted by Gasteiger charge is 2.16. The van der Waals surface area contributed by atoms with Gasteiger partial charge < -0.3 is 15.7 Å². The van der Waals surface area contributed by atoms with E-state index in [9.17, 15) is 0 Å². The fourth-order valence-electron chi connectivity index (χ4n) is 2.09. The van der Waals surface area contributed by atoms with Crippen molar-refractivity contribution in [3.63, 3.8) is 0 Å². The van der Waals surface area contributed by atoms with E-state index >= 15 is 0 Å². The van der Waals surface area contributed by atoms with Gasteiger partial charge in [-0.15, -0.1) is 0 Å². The van der Waals surface area contributed by atoms with Crippen LogP contribution in [0.3, 0.4) is 0 Å². The summed E-state index contributed by atoms with van der Waals surface area (Å²) in [6, 6.07) is 0.661. The third kappa shape index (κ3) is 3.95. The van der Waals surface area contributed by atoms with Gasteiger partial charge in [0.2, 0.25) is 0 Å². The number of aliphatic hydroxyl groups is 1. The monoisotopic (exact) mass is 200 g/mol. The van der Waals surface area contributed by atoms with Crippen molar-refractivity contribution in [1.29, 1.82) is 0 Å². The molecular formula is C11H24N2O. The Hall–Kier alpha value is -0.120. The molecule has 0 bridgehead atoms. The molecule has 3 heteroatoms. The molecule has 0 aliphatic carbocycles. The topological polar surface area (TPSA) is 49.5 Å². The Balaban J connectivity index is 2.26. The van der Waals surface area contributed by atoms with Gasteiger partial charge in [-0.3, -0.25) is 0 Å². The van der Waals surface area contributed by atoms with Crippen LogP contribution in [0.4, 0.5) is 0 Å². The van der Waals surface area contributed by atoms with Gasteiger partial charge in [0.05, 0.1) is 6.61 Å². The second-order valence-corrected chi connectivity index (χ2v) is 4.47. The highest BCUT2D eigenvalue weighted by molar-refractivity contribution is 4.73. The van der Waals surface area contributed by atoms with E-state index in [0.29, 0.717) is 6.04 Å². The number of rotatable bonds is 4. The van der Waals surface area contributed by atoms with Crippen molar-refractivity contribution >= 4 is 0 Å². The minimum atomic E-state index is -0.0366. The van der Waals surface area contributed by atoms with Gasteiger partial charge in [-0.25, -0.2) is 0 Å². The number of nitrogens with zero attached hydrogens (tertiary/aromatic N) is 1. The van der Waals surface area contributed by atoms with Crippen LogP contribution in [-0.2, 0) is 0 Å². The molecule has 1 saturated heterocycles. The second-order valence-electron chi connectivity index (χ2n) is 4.47. The first-order valence-corrected chi connectivity index (χ1v) is 5.84. The molecule has 1 rings (SSSR count). The molecule has 3 N–H and O–H groups in total. The van der Waals surface area contributed by atoms with Crippen molar-refractivity contribution in [2.24, 2.45) is 5.73 Å². The van der Waals surface area contributed by atoms with Crippen LogP contribution in [0.2, 0.25) is 0 Å². The molecule has 0 amide bonds. The van der Waals surface area contributed by atoms with Gasteiger partial charge in [0.1, 0.15) is 0 Å². The van der Waals surface area contributed by atoms with E-state index in [0.717, 1.165) is 13.0 Å². The Morgan fingerprint density at radius 2 is 2.21 bits per heavy atom. The van der Waals surface area contributed by atoms with Crippen molar-refractivity contribution in [2.45, 2.75) is 51.1 Å². The Kier molecular flexibility index (Phi) is 5.45. The lowest BCUT2D eigenvalue weighted by Crippen LogP contribution is -2.37. The van der Waals surface area contributed by atoms with Gasteiger partial charge in [0, 0.05) is 12.1 Å². The third-order valence-electron chi connectivity index (χ3n) is 3.21. The molecular weight excluding hydrogens is 176 g/mol. The zero-order chi connectivity index (χ0) is 10.4. The van der Waals surface area contributed by atoms with E-state index in [1.165, 1.54) is 32.2 Å². The smallest absolute Gasteiger partial charge is 0.0583 e. The summed E-state index contributed by atoms with van der Waals surface area (Å²) in [7, 11) is 0. The number of hydrogen-bond donors (Lipinski definition) is 2.